The fourth-order valence-electron chi connectivity index (χ4n) is 3.09. The molecule has 0 spiro atoms. The summed E-state index contributed by atoms with van der Waals surface area (Å²) < 4.78 is 0. The first kappa shape index (κ1) is 14.4. The molecule has 2 rings (SSSR count). The molecule has 0 heteroatoms. The molecular formula is C19H28. The fraction of sp³-hybridized carbons (Fsp3) is 0.579. The summed E-state index contributed by atoms with van der Waals surface area (Å²) in [6.07, 6.45) is 13.0. The predicted molar refractivity (Wildman–Crippen MR) is 85.3 cm³/mol. The van der Waals surface area contributed by atoms with Crippen molar-refractivity contribution in [3.63, 3.8) is 0 Å². The smallest absolute Gasteiger partial charge is 0.0228 e. The zero-order valence-corrected chi connectivity index (χ0v) is 12.6. The van der Waals surface area contributed by atoms with Gasteiger partial charge >= 0.3 is 0 Å². The Morgan fingerprint density at radius 1 is 1.05 bits per heavy atom. The van der Waals surface area contributed by atoms with Gasteiger partial charge in [-0.05, 0) is 54.7 Å². The molecule has 1 atom stereocenters. The van der Waals surface area contributed by atoms with E-state index in [0.717, 1.165) is 5.92 Å². The van der Waals surface area contributed by atoms with Crippen molar-refractivity contribution in [2.24, 2.45) is 5.92 Å². The van der Waals surface area contributed by atoms with Crippen LogP contribution in [0, 0.1) is 5.92 Å². The Labute approximate surface area is 118 Å². The third kappa shape index (κ3) is 4.23. The van der Waals surface area contributed by atoms with Gasteiger partial charge in [0, 0.05) is 0 Å². The summed E-state index contributed by atoms with van der Waals surface area (Å²) in [5.41, 5.74) is 4.52. The van der Waals surface area contributed by atoms with Crippen molar-refractivity contribution in [3.05, 3.63) is 41.5 Å². The summed E-state index contributed by atoms with van der Waals surface area (Å²) in [5.74, 6) is 0.942. The number of benzene rings is 1. The second-order valence-electron chi connectivity index (χ2n) is 5.96. The zero-order valence-electron chi connectivity index (χ0n) is 12.6. The van der Waals surface area contributed by atoms with E-state index in [4.69, 9.17) is 0 Å². The summed E-state index contributed by atoms with van der Waals surface area (Å²) in [6, 6.07) is 9.31. The van der Waals surface area contributed by atoms with Crippen LogP contribution in [0.4, 0.5) is 0 Å². The molecular weight excluding hydrogens is 228 g/mol. The van der Waals surface area contributed by atoms with Crippen LogP contribution in [0.25, 0.3) is 5.57 Å². The standard InChI is InChI=1S/C19H28/c1-3-5-7-17-10-14-19(15-11-17)18-12-8-16(6-4-2)9-13-18/h10-12,14-16H,3-9,13H2,1-2H3. The SMILES string of the molecule is CCCCc1ccc(C2=CCC(CCC)CC2)cc1. The lowest BCUT2D eigenvalue weighted by molar-refractivity contribution is 0.445. The molecule has 1 unspecified atom stereocenters. The van der Waals surface area contributed by atoms with Crippen molar-refractivity contribution in [2.45, 2.75) is 65.2 Å². The van der Waals surface area contributed by atoms with E-state index in [1.807, 2.05) is 0 Å². The van der Waals surface area contributed by atoms with Gasteiger partial charge in [-0.2, -0.15) is 0 Å². The van der Waals surface area contributed by atoms with Crippen LogP contribution in [-0.2, 0) is 6.42 Å². The molecule has 1 aromatic rings. The van der Waals surface area contributed by atoms with Crippen molar-refractivity contribution in [2.75, 3.05) is 0 Å². The molecule has 0 fully saturated rings. The molecule has 0 aliphatic heterocycles. The fourth-order valence-corrected chi connectivity index (χ4v) is 3.09. The number of hydrogen-bond acceptors (Lipinski definition) is 0. The van der Waals surface area contributed by atoms with E-state index in [-0.39, 0.29) is 0 Å². The van der Waals surface area contributed by atoms with Crippen LogP contribution in [-0.4, -0.2) is 0 Å². The molecule has 1 aliphatic carbocycles. The van der Waals surface area contributed by atoms with Gasteiger partial charge in [0.05, 0.1) is 0 Å². The first-order valence-electron chi connectivity index (χ1n) is 8.11. The van der Waals surface area contributed by atoms with Gasteiger partial charge in [0.25, 0.3) is 0 Å². The lowest BCUT2D eigenvalue weighted by atomic mass is 9.84. The van der Waals surface area contributed by atoms with Crippen molar-refractivity contribution in [1.29, 1.82) is 0 Å². The largest absolute Gasteiger partial charge is 0.0804 e. The number of rotatable bonds is 6. The quantitative estimate of drug-likeness (QED) is 0.584. The third-order valence-electron chi connectivity index (χ3n) is 4.36. The maximum absolute atomic E-state index is 2.49. The molecule has 0 aromatic heterocycles. The summed E-state index contributed by atoms with van der Waals surface area (Å²) in [6.45, 7) is 4.56. The highest BCUT2D eigenvalue weighted by Crippen LogP contribution is 2.32. The molecule has 104 valence electrons. The minimum atomic E-state index is 0.942. The Morgan fingerprint density at radius 3 is 2.42 bits per heavy atom. The molecule has 0 radical (unpaired) electrons. The van der Waals surface area contributed by atoms with Crippen molar-refractivity contribution >= 4 is 5.57 Å². The van der Waals surface area contributed by atoms with E-state index in [9.17, 15) is 0 Å². The summed E-state index contributed by atoms with van der Waals surface area (Å²) in [4.78, 5) is 0. The lowest BCUT2D eigenvalue weighted by Crippen LogP contribution is -2.05. The molecule has 0 saturated heterocycles. The maximum Gasteiger partial charge on any atom is -0.0228 e. The molecule has 0 saturated carbocycles. The summed E-state index contributed by atoms with van der Waals surface area (Å²) >= 11 is 0. The third-order valence-corrected chi connectivity index (χ3v) is 4.36. The molecule has 1 aliphatic rings. The molecule has 0 nitrogen and oxygen atoms in total. The first-order valence-corrected chi connectivity index (χ1v) is 8.11. The highest BCUT2D eigenvalue weighted by Gasteiger charge is 2.14. The minimum Gasteiger partial charge on any atom is -0.0804 e. The van der Waals surface area contributed by atoms with E-state index < -0.39 is 0 Å². The number of allylic oxidation sites excluding steroid dienone is 2. The van der Waals surface area contributed by atoms with Crippen molar-refractivity contribution in [3.8, 4) is 0 Å². The van der Waals surface area contributed by atoms with Gasteiger partial charge in [-0.1, -0.05) is 63.5 Å². The Hall–Kier alpha value is -1.04. The molecule has 0 heterocycles. The van der Waals surface area contributed by atoms with Gasteiger partial charge in [0.15, 0.2) is 0 Å². The average molecular weight is 256 g/mol. The van der Waals surface area contributed by atoms with Crippen LogP contribution >= 0.6 is 0 Å². The van der Waals surface area contributed by atoms with E-state index in [2.05, 4.69) is 44.2 Å². The topological polar surface area (TPSA) is 0 Å². The van der Waals surface area contributed by atoms with Gasteiger partial charge in [-0.25, -0.2) is 0 Å². The van der Waals surface area contributed by atoms with E-state index in [1.165, 1.54) is 62.5 Å². The molecule has 0 bridgehead atoms. The van der Waals surface area contributed by atoms with Crippen LogP contribution in [0.15, 0.2) is 30.3 Å². The molecule has 0 amide bonds. The number of aryl methyl sites for hydroxylation is 1. The highest BCUT2D eigenvalue weighted by molar-refractivity contribution is 5.66. The van der Waals surface area contributed by atoms with Crippen LogP contribution in [0.3, 0.4) is 0 Å². The van der Waals surface area contributed by atoms with Crippen LogP contribution in [0.1, 0.15) is 69.9 Å². The normalized spacial score (nSPS) is 19.3. The Balaban J connectivity index is 1.95. The molecule has 0 N–H and O–H groups in total. The lowest BCUT2D eigenvalue weighted by Gasteiger charge is -2.21. The summed E-state index contributed by atoms with van der Waals surface area (Å²) in [5, 5.41) is 0. The van der Waals surface area contributed by atoms with Crippen molar-refractivity contribution in [1.82, 2.24) is 0 Å². The summed E-state index contributed by atoms with van der Waals surface area (Å²) in [7, 11) is 0. The van der Waals surface area contributed by atoms with Crippen LogP contribution in [0.5, 0.6) is 0 Å². The van der Waals surface area contributed by atoms with Crippen LogP contribution < -0.4 is 0 Å². The average Bonchev–Trinajstić information content (AvgIpc) is 2.47. The van der Waals surface area contributed by atoms with E-state index in [0.29, 0.717) is 0 Å². The van der Waals surface area contributed by atoms with Crippen molar-refractivity contribution < 1.29 is 0 Å². The second-order valence-corrected chi connectivity index (χ2v) is 5.96. The molecule has 1 aromatic carbocycles. The first-order chi connectivity index (χ1) is 9.33. The van der Waals surface area contributed by atoms with E-state index >= 15 is 0 Å². The van der Waals surface area contributed by atoms with Gasteiger partial charge in [0.1, 0.15) is 0 Å². The predicted octanol–water partition coefficient (Wildman–Crippen LogP) is 6.01. The minimum absolute atomic E-state index is 0.942. The second kappa shape index (κ2) is 7.53. The number of unbranched alkanes of at least 4 members (excludes halogenated alkanes) is 1. The maximum atomic E-state index is 2.49. The van der Waals surface area contributed by atoms with Gasteiger partial charge < -0.3 is 0 Å². The Morgan fingerprint density at radius 2 is 1.84 bits per heavy atom. The molecule has 19 heavy (non-hydrogen) atoms. The number of hydrogen-bond donors (Lipinski definition) is 0. The monoisotopic (exact) mass is 256 g/mol. The Kier molecular flexibility index (Phi) is 5.69. The van der Waals surface area contributed by atoms with Gasteiger partial charge in [0.2, 0.25) is 0 Å². The van der Waals surface area contributed by atoms with Gasteiger partial charge in [-0.3, -0.25) is 0 Å². The van der Waals surface area contributed by atoms with Gasteiger partial charge in [-0.15, -0.1) is 0 Å². The Bertz CT molecular complexity index is 397. The highest BCUT2D eigenvalue weighted by atomic mass is 14.2. The van der Waals surface area contributed by atoms with E-state index in [1.54, 1.807) is 5.57 Å². The van der Waals surface area contributed by atoms with Crippen LogP contribution in [0.2, 0.25) is 0 Å². The zero-order chi connectivity index (χ0) is 13.5.